The molecule has 27 heavy (non-hydrogen) atoms. The molecule has 2 aromatic rings. The molecule has 1 aliphatic rings. The van der Waals surface area contributed by atoms with Crippen LogP contribution in [0.15, 0.2) is 71.2 Å². The molecule has 1 aliphatic heterocycles. The van der Waals surface area contributed by atoms with Crippen molar-refractivity contribution >= 4 is 50.5 Å². The maximum Gasteiger partial charge on any atom is 0.261 e. The molecule has 0 radical (unpaired) electrons. The summed E-state index contributed by atoms with van der Waals surface area (Å²) in [6, 6.07) is 13.2. The summed E-state index contributed by atoms with van der Waals surface area (Å²) in [5.41, 5.74) is 1.24. The van der Waals surface area contributed by atoms with Gasteiger partial charge in [0.05, 0.1) is 10.8 Å². The van der Waals surface area contributed by atoms with E-state index in [1.54, 1.807) is 48.5 Å². The lowest BCUT2D eigenvalue weighted by Gasteiger charge is -2.33. The van der Waals surface area contributed by atoms with E-state index in [4.69, 9.17) is 34.8 Å². The van der Waals surface area contributed by atoms with Crippen LogP contribution in [0.5, 0.6) is 0 Å². The van der Waals surface area contributed by atoms with Gasteiger partial charge in [-0.3, -0.25) is 9.69 Å². The third-order valence-corrected chi connectivity index (χ3v) is 6.38. The van der Waals surface area contributed by atoms with E-state index in [0.29, 0.717) is 21.2 Å². The monoisotopic (exact) mass is 441 g/mol. The molecule has 0 aliphatic carbocycles. The number of nitrogens with zero attached hydrogens (tertiary/aromatic N) is 1. The molecular weight excluding hydrogens is 429 g/mol. The predicted octanol–water partition coefficient (Wildman–Crippen LogP) is 5.07. The Morgan fingerprint density at radius 1 is 0.926 bits per heavy atom. The minimum Gasteiger partial charge on any atom is -0.288 e. The fourth-order valence-corrected chi connectivity index (χ4v) is 4.32. The Morgan fingerprint density at radius 2 is 1.37 bits per heavy atom. The van der Waals surface area contributed by atoms with Crippen molar-refractivity contribution < 1.29 is 13.2 Å². The number of amides is 1. The van der Waals surface area contributed by atoms with E-state index in [1.807, 2.05) is 0 Å². The van der Waals surface area contributed by atoms with Gasteiger partial charge in [-0.1, -0.05) is 59.1 Å². The Bertz CT molecular complexity index is 997. The second kappa shape index (κ2) is 7.32. The Morgan fingerprint density at radius 3 is 1.78 bits per heavy atom. The first-order chi connectivity index (χ1) is 12.6. The van der Waals surface area contributed by atoms with Gasteiger partial charge in [0.1, 0.15) is 0 Å². The van der Waals surface area contributed by atoms with Crippen molar-refractivity contribution in [2.24, 2.45) is 0 Å². The molecule has 0 N–H and O–H groups in total. The first-order valence-corrected chi connectivity index (χ1v) is 10.5. The molecule has 1 amide bonds. The first kappa shape index (κ1) is 20.0. The summed E-state index contributed by atoms with van der Waals surface area (Å²) in [5.74, 6) is -0.520. The summed E-state index contributed by atoms with van der Waals surface area (Å²) in [5, 5.41) is 2.98. The average molecular weight is 443 g/mol. The van der Waals surface area contributed by atoms with Crippen molar-refractivity contribution in [1.29, 1.82) is 0 Å². The number of hydrogen-bond donors (Lipinski definition) is 0. The third kappa shape index (κ3) is 3.92. The fourth-order valence-electron chi connectivity index (χ4n) is 2.76. The highest BCUT2D eigenvalue weighted by molar-refractivity contribution is 7.97. The Hall–Kier alpha value is -1.79. The van der Waals surface area contributed by atoms with Crippen molar-refractivity contribution in [3.8, 4) is 0 Å². The summed E-state index contributed by atoms with van der Waals surface area (Å²) in [4.78, 5) is 13.1. The zero-order valence-corrected chi connectivity index (χ0v) is 17.1. The van der Waals surface area contributed by atoms with Crippen molar-refractivity contribution in [3.63, 3.8) is 0 Å². The van der Waals surface area contributed by atoms with Crippen LogP contribution in [0.1, 0.15) is 18.1 Å². The molecule has 2 aromatic carbocycles. The molecule has 0 bridgehead atoms. The maximum absolute atomic E-state index is 13.5. The molecule has 0 fully saturated rings. The predicted molar refractivity (Wildman–Crippen MR) is 108 cm³/mol. The first-order valence-electron chi connectivity index (χ1n) is 7.80. The molecule has 3 rings (SSSR count). The van der Waals surface area contributed by atoms with E-state index >= 15 is 0 Å². The average Bonchev–Trinajstić information content (AvgIpc) is 2.61. The van der Waals surface area contributed by atoms with Crippen LogP contribution >= 0.6 is 34.8 Å². The van der Waals surface area contributed by atoms with Crippen molar-refractivity contribution in [1.82, 2.24) is 4.90 Å². The highest BCUT2D eigenvalue weighted by atomic mass is 35.5. The Labute approximate surface area is 172 Å². The van der Waals surface area contributed by atoms with E-state index in [0.717, 1.165) is 10.8 Å². The maximum atomic E-state index is 13.5. The number of carbonyl (C=O) groups excluding carboxylic acids is 1. The number of allylic oxidation sites excluding steroid dienone is 1. The minimum absolute atomic E-state index is 0.246. The minimum atomic E-state index is -3.50. The van der Waals surface area contributed by atoms with Crippen LogP contribution in [0.25, 0.3) is 0 Å². The summed E-state index contributed by atoms with van der Waals surface area (Å²) >= 11 is 18.9. The second-order valence-corrected chi connectivity index (χ2v) is 9.11. The number of hydrogen-bond acceptors (Lipinski definition) is 3. The SMILES string of the molecule is CC1=CS(=O)(=O)C=CN1C(=O)C(Cl)(c1ccc(Cl)cc1)c1ccc(Cl)cc1. The van der Waals surface area contributed by atoms with Crippen molar-refractivity contribution in [2.75, 3.05) is 0 Å². The summed E-state index contributed by atoms with van der Waals surface area (Å²) < 4.78 is 23.5. The highest BCUT2D eigenvalue weighted by Crippen LogP contribution is 2.40. The summed E-state index contributed by atoms with van der Waals surface area (Å²) in [6.07, 6.45) is 1.20. The molecule has 8 heteroatoms. The lowest BCUT2D eigenvalue weighted by Crippen LogP contribution is -2.42. The molecule has 0 saturated heterocycles. The van der Waals surface area contributed by atoms with Crippen molar-refractivity contribution in [3.05, 3.63) is 92.4 Å². The summed E-state index contributed by atoms with van der Waals surface area (Å²) in [7, 11) is -3.50. The standard InChI is InChI=1S/C19H14Cl3NO3S/c1-13-12-27(25,26)11-10-23(13)18(24)19(22,14-2-6-16(20)7-3-14)15-4-8-17(21)9-5-15/h2-12H,1H3. The molecule has 1 heterocycles. The van der Waals surface area contributed by atoms with Crippen LogP contribution in [0, 0.1) is 0 Å². The van der Waals surface area contributed by atoms with Gasteiger partial charge in [0, 0.05) is 21.9 Å². The molecule has 0 aromatic heterocycles. The third-order valence-electron chi connectivity index (χ3n) is 4.11. The van der Waals surface area contributed by atoms with E-state index in [-0.39, 0.29) is 5.70 Å². The molecule has 140 valence electrons. The largest absolute Gasteiger partial charge is 0.288 e. The normalized spacial score (nSPS) is 16.1. The molecular formula is C19H14Cl3NO3S. The second-order valence-electron chi connectivity index (χ2n) is 5.98. The van der Waals surface area contributed by atoms with Crippen LogP contribution in [0.3, 0.4) is 0 Å². The molecule has 0 spiro atoms. The highest BCUT2D eigenvalue weighted by Gasteiger charge is 2.43. The van der Waals surface area contributed by atoms with Crippen LogP contribution in [0.4, 0.5) is 0 Å². The van der Waals surface area contributed by atoms with Gasteiger partial charge in [-0.2, -0.15) is 0 Å². The fraction of sp³-hybridized carbons (Fsp3) is 0.105. The van der Waals surface area contributed by atoms with Gasteiger partial charge in [0.25, 0.3) is 5.91 Å². The number of sulfone groups is 1. The Balaban J connectivity index is 2.15. The Kier molecular flexibility index (Phi) is 5.41. The van der Waals surface area contributed by atoms with Crippen LogP contribution in [0.2, 0.25) is 10.0 Å². The van der Waals surface area contributed by atoms with E-state index in [2.05, 4.69) is 0 Å². The molecule has 0 saturated carbocycles. The van der Waals surface area contributed by atoms with E-state index in [9.17, 15) is 13.2 Å². The van der Waals surface area contributed by atoms with E-state index < -0.39 is 20.6 Å². The quantitative estimate of drug-likeness (QED) is 0.624. The molecule has 0 unspecified atom stereocenters. The van der Waals surface area contributed by atoms with E-state index in [1.165, 1.54) is 18.0 Å². The number of halogens is 3. The lowest BCUT2D eigenvalue weighted by atomic mass is 9.88. The number of benzene rings is 2. The smallest absolute Gasteiger partial charge is 0.261 e. The van der Waals surface area contributed by atoms with Gasteiger partial charge in [0.2, 0.25) is 0 Å². The van der Waals surface area contributed by atoms with Crippen molar-refractivity contribution in [2.45, 2.75) is 11.8 Å². The molecule has 0 atom stereocenters. The van der Waals surface area contributed by atoms with Gasteiger partial charge < -0.3 is 0 Å². The number of carbonyl (C=O) groups is 1. The van der Waals surface area contributed by atoms with Gasteiger partial charge in [-0.15, -0.1) is 0 Å². The zero-order chi connectivity index (χ0) is 19.8. The topological polar surface area (TPSA) is 54.5 Å². The van der Waals surface area contributed by atoms with Crippen LogP contribution < -0.4 is 0 Å². The summed E-state index contributed by atoms with van der Waals surface area (Å²) in [6.45, 7) is 1.53. The number of rotatable bonds is 3. The van der Waals surface area contributed by atoms with Gasteiger partial charge in [0.15, 0.2) is 14.7 Å². The lowest BCUT2D eigenvalue weighted by molar-refractivity contribution is -0.129. The van der Waals surface area contributed by atoms with Gasteiger partial charge in [-0.05, 0) is 42.3 Å². The van der Waals surface area contributed by atoms with Gasteiger partial charge in [-0.25, -0.2) is 8.42 Å². The zero-order valence-electron chi connectivity index (χ0n) is 14.1. The van der Waals surface area contributed by atoms with Gasteiger partial charge >= 0.3 is 0 Å². The number of alkyl halides is 1. The molecule has 4 nitrogen and oxygen atoms in total. The van der Waals surface area contributed by atoms with Crippen LogP contribution in [-0.4, -0.2) is 19.2 Å². The van der Waals surface area contributed by atoms with Crippen LogP contribution in [-0.2, 0) is 19.5 Å².